The minimum atomic E-state index is -3.78. The van der Waals surface area contributed by atoms with Crippen molar-refractivity contribution in [1.29, 1.82) is 0 Å². The van der Waals surface area contributed by atoms with Gasteiger partial charge in [-0.15, -0.1) is 0 Å². The number of thiocarbonyl (C=S) groups is 1. The van der Waals surface area contributed by atoms with Crippen LogP contribution in [0.2, 0.25) is 0 Å². The molecule has 1 fully saturated rings. The summed E-state index contributed by atoms with van der Waals surface area (Å²) in [4.78, 5) is -0.376. The summed E-state index contributed by atoms with van der Waals surface area (Å²) in [7, 11) is -3.78. The van der Waals surface area contributed by atoms with Crippen molar-refractivity contribution in [2.24, 2.45) is 11.7 Å². The second-order valence-electron chi connectivity index (χ2n) is 5.42. The smallest absolute Gasteiger partial charge is 0.243 e. The molecule has 0 spiro atoms. The summed E-state index contributed by atoms with van der Waals surface area (Å²) in [5.74, 6) is -0.209. The van der Waals surface area contributed by atoms with E-state index in [1.165, 1.54) is 16.4 Å². The van der Waals surface area contributed by atoms with Crippen molar-refractivity contribution in [2.45, 2.75) is 31.1 Å². The molecule has 1 aliphatic rings. The maximum absolute atomic E-state index is 13.9. The van der Waals surface area contributed by atoms with E-state index in [1.807, 2.05) is 0 Å². The molecule has 1 aromatic rings. The van der Waals surface area contributed by atoms with E-state index in [4.69, 9.17) is 18.0 Å². The molecule has 1 aliphatic heterocycles. The lowest BCUT2D eigenvalue weighted by atomic mass is 10.0. The summed E-state index contributed by atoms with van der Waals surface area (Å²) in [5.41, 5.74) is 5.31. The molecule has 7 heteroatoms. The molecule has 2 rings (SSSR count). The Morgan fingerprint density at radius 1 is 1.38 bits per heavy atom. The second-order valence-corrected chi connectivity index (χ2v) is 7.76. The molecule has 21 heavy (non-hydrogen) atoms. The van der Waals surface area contributed by atoms with E-state index in [-0.39, 0.29) is 15.4 Å². The third-order valence-electron chi connectivity index (χ3n) is 3.82. The van der Waals surface area contributed by atoms with E-state index in [0.29, 0.717) is 19.0 Å². The van der Waals surface area contributed by atoms with Gasteiger partial charge in [0.15, 0.2) is 0 Å². The van der Waals surface area contributed by atoms with Crippen molar-refractivity contribution in [3.05, 3.63) is 29.6 Å². The number of sulfonamides is 1. The van der Waals surface area contributed by atoms with Gasteiger partial charge in [0.05, 0.1) is 10.5 Å². The van der Waals surface area contributed by atoms with Crippen LogP contribution in [0.15, 0.2) is 23.1 Å². The van der Waals surface area contributed by atoms with Crippen LogP contribution in [-0.4, -0.2) is 30.8 Å². The molecule has 0 aromatic heterocycles. The van der Waals surface area contributed by atoms with Gasteiger partial charge in [0.1, 0.15) is 10.8 Å². The van der Waals surface area contributed by atoms with Crippen LogP contribution < -0.4 is 5.73 Å². The van der Waals surface area contributed by atoms with Crippen molar-refractivity contribution < 1.29 is 12.8 Å². The highest BCUT2D eigenvalue weighted by atomic mass is 32.2. The molecule has 116 valence electrons. The Labute approximate surface area is 130 Å². The largest absolute Gasteiger partial charge is 0.389 e. The molecular formula is C14H19FN2O2S2. The van der Waals surface area contributed by atoms with Gasteiger partial charge in [0, 0.05) is 13.1 Å². The topological polar surface area (TPSA) is 63.4 Å². The number of nitrogens with two attached hydrogens (primary N) is 1. The Morgan fingerprint density at radius 2 is 2.10 bits per heavy atom. The van der Waals surface area contributed by atoms with Crippen molar-refractivity contribution in [1.82, 2.24) is 4.31 Å². The molecule has 1 aromatic carbocycles. The van der Waals surface area contributed by atoms with E-state index in [1.54, 1.807) is 0 Å². The fourth-order valence-corrected chi connectivity index (χ4v) is 4.56. The summed E-state index contributed by atoms with van der Waals surface area (Å²) < 4.78 is 40.8. The van der Waals surface area contributed by atoms with Crippen LogP contribution in [0.3, 0.4) is 0 Å². The highest BCUT2D eigenvalue weighted by Crippen LogP contribution is 2.26. The second kappa shape index (κ2) is 6.37. The molecule has 0 bridgehead atoms. The summed E-state index contributed by atoms with van der Waals surface area (Å²) in [6.07, 6.45) is 2.60. The predicted octanol–water partition coefficient (Wildman–Crippen LogP) is 2.27. The Hall–Kier alpha value is -1.05. The zero-order chi connectivity index (χ0) is 15.6. The lowest BCUT2D eigenvalue weighted by Gasteiger charge is -2.21. The van der Waals surface area contributed by atoms with Crippen molar-refractivity contribution >= 4 is 27.2 Å². The Kier molecular flexibility index (Phi) is 4.95. The Morgan fingerprint density at radius 3 is 2.76 bits per heavy atom. The van der Waals surface area contributed by atoms with Gasteiger partial charge in [-0.25, -0.2) is 12.8 Å². The van der Waals surface area contributed by atoms with Crippen LogP contribution in [0.5, 0.6) is 0 Å². The summed E-state index contributed by atoms with van der Waals surface area (Å²) in [6, 6.07) is 3.89. The molecule has 0 aliphatic carbocycles. The van der Waals surface area contributed by atoms with E-state index >= 15 is 0 Å². The number of rotatable bonds is 3. The maximum atomic E-state index is 13.9. The molecular weight excluding hydrogens is 311 g/mol. The van der Waals surface area contributed by atoms with Crippen LogP contribution in [0.1, 0.15) is 31.7 Å². The summed E-state index contributed by atoms with van der Waals surface area (Å²) in [5, 5.41) is 0. The quantitative estimate of drug-likeness (QED) is 0.864. The lowest BCUT2D eigenvalue weighted by Crippen LogP contribution is -2.33. The van der Waals surface area contributed by atoms with Crippen molar-refractivity contribution in [2.75, 3.05) is 13.1 Å². The van der Waals surface area contributed by atoms with Crippen LogP contribution in [0.4, 0.5) is 4.39 Å². The first-order chi connectivity index (χ1) is 9.84. The fraction of sp³-hybridized carbons (Fsp3) is 0.500. The minimum Gasteiger partial charge on any atom is -0.389 e. The molecule has 0 radical (unpaired) electrons. The molecule has 1 saturated heterocycles. The zero-order valence-corrected chi connectivity index (χ0v) is 13.5. The molecule has 1 heterocycles. The van der Waals surface area contributed by atoms with E-state index in [9.17, 15) is 12.8 Å². The van der Waals surface area contributed by atoms with Gasteiger partial charge in [-0.1, -0.05) is 25.2 Å². The Bertz CT molecular complexity index is 646. The first kappa shape index (κ1) is 16.3. The lowest BCUT2D eigenvalue weighted by molar-refractivity contribution is 0.416. The number of hydrogen-bond acceptors (Lipinski definition) is 3. The standard InChI is InChI=1S/C14H19FN2O2S2/c1-10-4-3-8-17(9-7-10)21(18,19)12-6-2-5-11(15)13(12)14(16)20/h2,5-6,10H,3-4,7-9H2,1H3,(H2,16,20). The molecule has 2 N–H and O–H groups in total. The average molecular weight is 330 g/mol. The molecule has 4 nitrogen and oxygen atoms in total. The normalized spacial score (nSPS) is 21.0. The van der Waals surface area contributed by atoms with E-state index in [0.717, 1.165) is 25.3 Å². The third kappa shape index (κ3) is 3.41. The minimum absolute atomic E-state index is 0.135. The number of nitrogens with zero attached hydrogens (tertiary/aromatic N) is 1. The summed E-state index contributed by atoms with van der Waals surface area (Å²) >= 11 is 4.81. The highest BCUT2D eigenvalue weighted by Gasteiger charge is 2.30. The van der Waals surface area contributed by atoms with Crippen LogP contribution >= 0.6 is 12.2 Å². The van der Waals surface area contributed by atoms with Gasteiger partial charge in [0.25, 0.3) is 0 Å². The average Bonchev–Trinajstić information content (AvgIpc) is 2.63. The first-order valence-corrected chi connectivity index (χ1v) is 8.77. The van der Waals surface area contributed by atoms with E-state index < -0.39 is 15.8 Å². The van der Waals surface area contributed by atoms with Gasteiger partial charge in [0.2, 0.25) is 10.0 Å². The monoisotopic (exact) mass is 330 g/mol. The number of hydrogen-bond donors (Lipinski definition) is 1. The van der Waals surface area contributed by atoms with Gasteiger partial charge < -0.3 is 5.73 Å². The first-order valence-electron chi connectivity index (χ1n) is 6.92. The molecule has 0 saturated carbocycles. The number of halogens is 1. The third-order valence-corrected chi connectivity index (χ3v) is 5.96. The number of benzene rings is 1. The Balaban J connectivity index is 2.45. The van der Waals surface area contributed by atoms with Crippen LogP contribution in [0.25, 0.3) is 0 Å². The highest BCUT2D eigenvalue weighted by molar-refractivity contribution is 7.89. The van der Waals surface area contributed by atoms with Crippen LogP contribution in [-0.2, 0) is 10.0 Å². The van der Waals surface area contributed by atoms with E-state index in [2.05, 4.69) is 6.92 Å². The van der Waals surface area contributed by atoms with Crippen molar-refractivity contribution in [3.8, 4) is 0 Å². The SMILES string of the molecule is CC1CCCN(S(=O)(=O)c2cccc(F)c2C(N)=S)CC1. The van der Waals surface area contributed by atoms with Gasteiger partial charge in [-0.3, -0.25) is 0 Å². The molecule has 1 atom stereocenters. The summed E-state index contributed by atoms with van der Waals surface area (Å²) in [6.45, 7) is 3.00. The predicted molar refractivity (Wildman–Crippen MR) is 84.1 cm³/mol. The molecule has 0 amide bonds. The van der Waals surface area contributed by atoms with Gasteiger partial charge in [-0.2, -0.15) is 4.31 Å². The van der Waals surface area contributed by atoms with Crippen molar-refractivity contribution in [3.63, 3.8) is 0 Å². The zero-order valence-electron chi connectivity index (χ0n) is 11.9. The van der Waals surface area contributed by atoms with Gasteiger partial charge >= 0.3 is 0 Å². The fourth-order valence-electron chi connectivity index (χ4n) is 2.57. The maximum Gasteiger partial charge on any atom is 0.243 e. The van der Waals surface area contributed by atoms with Gasteiger partial charge in [-0.05, 0) is 37.3 Å². The molecule has 1 unspecified atom stereocenters. The van der Waals surface area contributed by atoms with Crippen LogP contribution in [0, 0.1) is 11.7 Å².